The Balaban J connectivity index is 1.93. The molecular weight excluding hydrogens is 509 g/mol. The molecular formula is C25H31Cl2N3O4S. The molecule has 190 valence electrons. The minimum atomic E-state index is -3.89. The van der Waals surface area contributed by atoms with Gasteiger partial charge in [0, 0.05) is 17.6 Å². The molecule has 10 heteroatoms. The van der Waals surface area contributed by atoms with Gasteiger partial charge >= 0.3 is 0 Å². The van der Waals surface area contributed by atoms with Crippen LogP contribution in [-0.2, 0) is 26.2 Å². The van der Waals surface area contributed by atoms with Crippen molar-refractivity contribution in [2.24, 2.45) is 0 Å². The molecule has 1 unspecified atom stereocenters. The molecule has 1 atom stereocenters. The van der Waals surface area contributed by atoms with Crippen LogP contribution < -0.4 is 9.62 Å². The van der Waals surface area contributed by atoms with Gasteiger partial charge in [0.2, 0.25) is 21.8 Å². The van der Waals surface area contributed by atoms with Crippen LogP contribution in [0.25, 0.3) is 0 Å². The molecule has 1 aliphatic rings. The van der Waals surface area contributed by atoms with Crippen molar-refractivity contribution in [3.63, 3.8) is 0 Å². The standard InChI is InChI=1S/C25H31Cl2N3O4S/c1-3-22(25(32)28-20-11-7-8-12-20)29(16-18-9-5-4-6-10-18)24(31)17-30(35(2,33)34)23-15-19(26)13-14-21(23)27/h4-6,9-10,13-15,20,22H,3,7-8,11-12,16-17H2,1-2H3,(H,28,32). The molecule has 7 nitrogen and oxygen atoms in total. The average molecular weight is 541 g/mol. The molecule has 0 aliphatic heterocycles. The molecule has 2 amide bonds. The highest BCUT2D eigenvalue weighted by atomic mass is 35.5. The van der Waals surface area contributed by atoms with Gasteiger partial charge in [0.15, 0.2) is 0 Å². The molecule has 0 aromatic heterocycles. The highest BCUT2D eigenvalue weighted by molar-refractivity contribution is 7.92. The zero-order valence-electron chi connectivity index (χ0n) is 19.9. The summed E-state index contributed by atoms with van der Waals surface area (Å²) in [5.74, 6) is -0.737. The predicted octanol–water partition coefficient (Wildman–Crippen LogP) is 4.63. The van der Waals surface area contributed by atoms with E-state index in [9.17, 15) is 18.0 Å². The first-order valence-corrected chi connectivity index (χ1v) is 14.3. The van der Waals surface area contributed by atoms with Crippen molar-refractivity contribution in [2.45, 2.75) is 57.7 Å². The number of nitrogens with zero attached hydrogens (tertiary/aromatic N) is 2. The topological polar surface area (TPSA) is 86.8 Å². The first kappa shape index (κ1) is 27.3. The van der Waals surface area contributed by atoms with E-state index >= 15 is 0 Å². The van der Waals surface area contributed by atoms with Gasteiger partial charge in [0.25, 0.3) is 0 Å². The Hall–Kier alpha value is -2.29. The van der Waals surface area contributed by atoms with Crippen LogP contribution in [0.4, 0.5) is 5.69 Å². The molecule has 1 N–H and O–H groups in total. The molecule has 0 heterocycles. The Bertz CT molecular complexity index is 1140. The van der Waals surface area contributed by atoms with E-state index in [4.69, 9.17) is 23.2 Å². The minimum absolute atomic E-state index is 0.100. The molecule has 0 spiro atoms. The van der Waals surface area contributed by atoms with Crippen LogP contribution in [0.1, 0.15) is 44.6 Å². The van der Waals surface area contributed by atoms with Gasteiger partial charge in [0.1, 0.15) is 12.6 Å². The summed E-state index contributed by atoms with van der Waals surface area (Å²) in [5.41, 5.74) is 0.942. The summed E-state index contributed by atoms with van der Waals surface area (Å²) >= 11 is 12.4. The third kappa shape index (κ3) is 7.35. The summed E-state index contributed by atoms with van der Waals surface area (Å²) in [7, 11) is -3.89. The lowest BCUT2D eigenvalue weighted by Gasteiger charge is -2.33. The zero-order valence-corrected chi connectivity index (χ0v) is 22.2. The monoisotopic (exact) mass is 539 g/mol. The number of hydrogen-bond donors (Lipinski definition) is 1. The van der Waals surface area contributed by atoms with Crippen molar-refractivity contribution in [3.8, 4) is 0 Å². The van der Waals surface area contributed by atoms with Crippen LogP contribution in [0.2, 0.25) is 10.0 Å². The third-order valence-corrected chi connectivity index (χ3v) is 7.82. The number of nitrogens with one attached hydrogen (secondary N) is 1. The van der Waals surface area contributed by atoms with Crippen molar-refractivity contribution in [1.82, 2.24) is 10.2 Å². The number of halogens is 2. The largest absolute Gasteiger partial charge is 0.352 e. The average Bonchev–Trinajstić information content (AvgIpc) is 3.32. The van der Waals surface area contributed by atoms with Crippen LogP contribution in [-0.4, -0.2) is 50.0 Å². The van der Waals surface area contributed by atoms with E-state index in [1.54, 1.807) is 0 Å². The van der Waals surface area contributed by atoms with Gasteiger partial charge in [-0.05, 0) is 43.0 Å². The fraction of sp³-hybridized carbons (Fsp3) is 0.440. The van der Waals surface area contributed by atoms with E-state index in [1.165, 1.54) is 23.1 Å². The highest BCUT2D eigenvalue weighted by Gasteiger charge is 2.33. The van der Waals surface area contributed by atoms with E-state index in [0.29, 0.717) is 6.42 Å². The summed E-state index contributed by atoms with van der Waals surface area (Å²) in [5, 5.41) is 3.51. The first-order chi connectivity index (χ1) is 16.6. The van der Waals surface area contributed by atoms with Gasteiger partial charge in [-0.2, -0.15) is 0 Å². The lowest BCUT2D eigenvalue weighted by molar-refractivity contribution is -0.140. The summed E-state index contributed by atoms with van der Waals surface area (Å²) in [6.07, 6.45) is 5.36. The van der Waals surface area contributed by atoms with Crippen molar-refractivity contribution in [2.75, 3.05) is 17.1 Å². The number of rotatable bonds is 10. The fourth-order valence-electron chi connectivity index (χ4n) is 4.34. The third-order valence-electron chi connectivity index (χ3n) is 6.14. The van der Waals surface area contributed by atoms with Crippen molar-refractivity contribution in [1.29, 1.82) is 0 Å². The number of hydrogen-bond acceptors (Lipinski definition) is 4. The molecule has 3 rings (SSSR count). The van der Waals surface area contributed by atoms with E-state index in [1.807, 2.05) is 37.3 Å². The molecule has 35 heavy (non-hydrogen) atoms. The summed E-state index contributed by atoms with van der Waals surface area (Å²) in [4.78, 5) is 28.4. The normalized spacial score (nSPS) is 15.0. The predicted molar refractivity (Wildman–Crippen MR) is 140 cm³/mol. The van der Waals surface area contributed by atoms with Crippen LogP contribution in [0.3, 0.4) is 0 Å². The van der Waals surface area contributed by atoms with E-state index in [-0.39, 0.29) is 34.2 Å². The van der Waals surface area contributed by atoms with E-state index in [0.717, 1.165) is 41.8 Å². The second kappa shape index (κ2) is 12.1. The lowest BCUT2D eigenvalue weighted by Crippen LogP contribution is -2.53. The molecule has 1 aliphatic carbocycles. The number of carbonyl (C=O) groups is 2. The van der Waals surface area contributed by atoms with Crippen LogP contribution in [0.15, 0.2) is 48.5 Å². The van der Waals surface area contributed by atoms with Crippen LogP contribution in [0, 0.1) is 0 Å². The number of sulfonamides is 1. The molecule has 2 aromatic rings. The first-order valence-electron chi connectivity index (χ1n) is 11.7. The smallest absolute Gasteiger partial charge is 0.244 e. The van der Waals surface area contributed by atoms with Crippen LogP contribution in [0.5, 0.6) is 0 Å². The molecule has 1 fully saturated rings. The number of benzene rings is 2. The summed E-state index contributed by atoms with van der Waals surface area (Å²) in [6.45, 7) is 1.49. The SMILES string of the molecule is CCC(C(=O)NC1CCCC1)N(Cc1ccccc1)C(=O)CN(c1cc(Cl)ccc1Cl)S(C)(=O)=O. The Morgan fingerprint density at radius 2 is 1.74 bits per heavy atom. The van der Waals surface area contributed by atoms with Crippen molar-refractivity contribution in [3.05, 3.63) is 64.1 Å². The maximum absolute atomic E-state index is 13.7. The lowest BCUT2D eigenvalue weighted by atomic mass is 10.1. The van der Waals surface area contributed by atoms with Gasteiger partial charge in [-0.25, -0.2) is 8.42 Å². The highest BCUT2D eigenvalue weighted by Crippen LogP contribution is 2.31. The zero-order chi connectivity index (χ0) is 25.6. The number of anilines is 1. The Kier molecular flexibility index (Phi) is 9.44. The molecule has 0 bridgehead atoms. The quantitative estimate of drug-likeness (QED) is 0.476. The van der Waals surface area contributed by atoms with E-state index < -0.39 is 28.5 Å². The van der Waals surface area contributed by atoms with Crippen molar-refractivity contribution < 1.29 is 18.0 Å². The Labute approximate surface area is 217 Å². The second-order valence-corrected chi connectivity index (χ2v) is 11.5. The maximum atomic E-state index is 13.7. The molecule has 0 radical (unpaired) electrons. The molecule has 2 aromatic carbocycles. The second-order valence-electron chi connectivity index (χ2n) is 8.79. The maximum Gasteiger partial charge on any atom is 0.244 e. The van der Waals surface area contributed by atoms with Gasteiger partial charge in [-0.15, -0.1) is 0 Å². The van der Waals surface area contributed by atoms with Crippen molar-refractivity contribution >= 4 is 50.7 Å². The number of carbonyl (C=O) groups excluding carboxylic acids is 2. The van der Waals surface area contributed by atoms with Crippen LogP contribution >= 0.6 is 23.2 Å². The Morgan fingerprint density at radius 3 is 2.34 bits per heavy atom. The van der Waals surface area contributed by atoms with Gasteiger partial charge in [-0.1, -0.05) is 73.3 Å². The van der Waals surface area contributed by atoms with Gasteiger partial charge < -0.3 is 10.2 Å². The van der Waals surface area contributed by atoms with Gasteiger partial charge in [0.05, 0.1) is 17.0 Å². The van der Waals surface area contributed by atoms with E-state index in [2.05, 4.69) is 5.32 Å². The minimum Gasteiger partial charge on any atom is -0.352 e. The number of amides is 2. The summed E-state index contributed by atoms with van der Waals surface area (Å²) in [6, 6.07) is 13.1. The Morgan fingerprint density at radius 1 is 1.09 bits per heavy atom. The van der Waals surface area contributed by atoms with Gasteiger partial charge in [-0.3, -0.25) is 13.9 Å². The molecule has 0 saturated heterocycles. The molecule has 1 saturated carbocycles. The summed E-state index contributed by atoms with van der Waals surface area (Å²) < 4.78 is 26.3. The fourth-order valence-corrected chi connectivity index (χ4v) is 5.63.